The van der Waals surface area contributed by atoms with Gasteiger partial charge in [0.2, 0.25) is 0 Å². The lowest BCUT2D eigenvalue weighted by Gasteiger charge is -2.36. The Hall–Kier alpha value is -1.85. The van der Waals surface area contributed by atoms with Crippen LogP contribution in [0.15, 0.2) is 30.6 Å². The van der Waals surface area contributed by atoms with E-state index in [1.54, 1.807) is 6.07 Å². The number of hydrogen-bond acceptors (Lipinski definition) is 4. The largest absolute Gasteiger partial charge is 0.367 e. The Morgan fingerprint density at radius 1 is 1.08 bits per heavy atom. The molecule has 0 radical (unpaired) electrons. The van der Waals surface area contributed by atoms with Crippen LogP contribution in [-0.2, 0) is 0 Å². The standard InChI is InChI=1S/C18H18Cl2N4O/c19-13-2-1-3-16(17(13)20)23-6-8-24(9-7-23)18(25)15-10-14(12-4-5-12)21-11-22-15/h1-3,10-12H,4-9H2. The molecule has 2 fully saturated rings. The third-order valence-electron chi connectivity index (χ3n) is 4.74. The van der Waals surface area contributed by atoms with Gasteiger partial charge in [0.15, 0.2) is 0 Å². The van der Waals surface area contributed by atoms with Crippen molar-refractivity contribution >= 4 is 34.8 Å². The second-order valence-corrected chi connectivity index (χ2v) is 7.24. The number of rotatable bonds is 3. The number of nitrogens with zero attached hydrogens (tertiary/aromatic N) is 4. The van der Waals surface area contributed by atoms with E-state index in [2.05, 4.69) is 14.9 Å². The van der Waals surface area contributed by atoms with Crippen LogP contribution in [-0.4, -0.2) is 47.0 Å². The second-order valence-electron chi connectivity index (χ2n) is 6.45. The molecule has 1 saturated carbocycles. The van der Waals surface area contributed by atoms with Gasteiger partial charge in [-0.05, 0) is 31.0 Å². The molecular formula is C18H18Cl2N4O. The molecule has 25 heavy (non-hydrogen) atoms. The number of carbonyl (C=O) groups excluding carboxylic acids is 1. The lowest BCUT2D eigenvalue weighted by atomic mass is 10.2. The van der Waals surface area contributed by atoms with Gasteiger partial charge in [-0.25, -0.2) is 9.97 Å². The normalized spacial score (nSPS) is 17.7. The molecule has 1 aliphatic heterocycles. The molecular weight excluding hydrogens is 359 g/mol. The molecule has 0 spiro atoms. The summed E-state index contributed by atoms with van der Waals surface area (Å²) in [5.74, 6) is 0.484. The Labute approximate surface area is 156 Å². The number of halogens is 2. The van der Waals surface area contributed by atoms with E-state index < -0.39 is 0 Å². The van der Waals surface area contributed by atoms with Crippen LogP contribution in [0.25, 0.3) is 0 Å². The molecule has 2 aliphatic rings. The monoisotopic (exact) mass is 376 g/mol. The molecule has 130 valence electrons. The average molecular weight is 377 g/mol. The first kappa shape index (κ1) is 16.6. The number of aromatic nitrogens is 2. The van der Waals surface area contributed by atoms with Crippen molar-refractivity contribution in [3.63, 3.8) is 0 Å². The summed E-state index contributed by atoms with van der Waals surface area (Å²) in [7, 11) is 0. The van der Waals surface area contributed by atoms with Gasteiger partial charge < -0.3 is 9.80 Å². The molecule has 5 nitrogen and oxygen atoms in total. The molecule has 1 aliphatic carbocycles. The van der Waals surface area contributed by atoms with Crippen molar-refractivity contribution in [3.05, 3.63) is 52.0 Å². The molecule has 0 atom stereocenters. The second kappa shape index (κ2) is 6.81. The van der Waals surface area contributed by atoms with Gasteiger partial charge in [0.1, 0.15) is 12.0 Å². The molecule has 4 rings (SSSR count). The zero-order valence-electron chi connectivity index (χ0n) is 13.7. The summed E-state index contributed by atoms with van der Waals surface area (Å²) in [6, 6.07) is 7.47. The zero-order valence-corrected chi connectivity index (χ0v) is 15.2. The minimum absolute atomic E-state index is 0.0267. The Bertz CT molecular complexity index is 801. The minimum atomic E-state index is -0.0267. The quantitative estimate of drug-likeness (QED) is 0.820. The number of carbonyl (C=O) groups is 1. The Morgan fingerprint density at radius 3 is 2.56 bits per heavy atom. The van der Waals surface area contributed by atoms with Crippen molar-refractivity contribution in [3.8, 4) is 0 Å². The fourth-order valence-electron chi connectivity index (χ4n) is 3.14. The highest BCUT2D eigenvalue weighted by Crippen LogP contribution is 2.39. The average Bonchev–Trinajstić information content (AvgIpc) is 3.49. The summed E-state index contributed by atoms with van der Waals surface area (Å²) in [6.45, 7) is 2.69. The highest BCUT2D eigenvalue weighted by atomic mass is 35.5. The number of hydrogen-bond donors (Lipinski definition) is 0. The van der Waals surface area contributed by atoms with Crippen LogP contribution in [0.3, 0.4) is 0 Å². The first-order chi connectivity index (χ1) is 12.1. The van der Waals surface area contributed by atoms with Gasteiger partial charge in [-0.2, -0.15) is 0 Å². The van der Waals surface area contributed by atoms with Crippen LogP contribution >= 0.6 is 23.2 Å². The number of benzene rings is 1. The van der Waals surface area contributed by atoms with Crippen molar-refractivity contribution in [2.45, 2.75) is 18.8 Å². The number of anilines is 1. The van der Waals surface area contributed by atoms with Crippen LogP contribution in [0, 0.1) is 0 Å². The molecule has 0 unspecified atom stereocenters. The molecule has 7 heteroatoms. The summed E-state index contributed by atoms with van der Waals surface area (Å²) in [5, 5.41) is 1.11. The van der Waals surface area contributed by atoms with E-state index in [-0.39, 0.29) is 5.91 Å². The lowest BCUT2D eigenvalue weighted by Crippen LogP contribution is -2.49. The summed E-state index contributed by atoms with van der Waals surface area (Å²) < 4.78 is 0. The smallest absolute Gasteiger partial charge is 0.272 e. The fraction of sp³-hybridized carbons (Fsp3) is 0.389. The van der Waals surface area contributed by atoms with E-state index >= 15 is 0 Å². The van der Waals surface area contributed by atoms with Gasteiger partial charge in [0, 0.05) is 37.8 Å². The fourth-order valence-corrected chi connectivity index (χ4v) is 3.56. The van der Waals surface area contributed by atoms with Crippen LogP contribution < -0.4 is 4.90 Å². The molecule has 2 heterocycles. The van der Waals surface area contributed by atoms with Crippen LogP contribution in [0.2, 0.25) is 10.0 Å². The molecule has 1 aromatic heterocycles. The summed E-state index contributed by atoms with van der Waals surface area (Å²) in [6.07, 6.45) is 3.82. The third kappa shape index (κ3) is 3.44. The predicted molar refractivity (Wildman–Crippen MR) is 98.6 cm³/mol. The summed E-state index contributed by atoms with van der Waals surface area (Å²) in [5.41, 5.74) is 2.40. The van der Waals surface area contributed by atoms with Gasteiger partial charge in [-0.1, -0.05) is 29.3 Å². The van der Waals surface area contributed by atoms with E-state index in [9.17, 15) is 4.79 Å². The van der Waals surface area contributed by atoms with E-state index in [4.69, 9.17) is 23.2 Å². The van der Waals surface area contributed by atoms with Gasteiger partial charge in [-0.15, -0.1) is 0 Å². The van der Waals surface area contributed by atoms with Crippen molar-refractivity contribution in [2.24, 2.45) is 0 Å². The maximum atomic E-state index is 12.7. The number of piperazine rings is 1. The predicted octanol–water partition coefficient (Wildman–Crippen LogP) is 3.62. The lowest BCUT2D eigenvalue weighted by molar-refractivity contribution is 0.0740. The van der Waals surface area contributed by atoms with Crippen LogP contribution in [0.5, 0.6) is 0 Å². The van der Waals surface area contributed by atoms with Gasteiger partial charge in [0.25, 0.3) is 5.91 Å². The van der Waals surface area contributed by atoms with E-state index in [0.29, 0.717) is 47.8 Å². The Kier molecular flexibility index (Phi) is 4.52. The molecule has 2 aromatic rings. The van der Waals surface area contributed by atoms with E-state index in [0.717, 1.165) is 24.2 Å². The molecule has 0 N–H and O–H groups in total. The maximum Gasteiger partial charge on any atom is 0.272 e. The SMILES string of the molecule is O=C(c1cc(C2CC2)ncn1)N1CCN(c2cccc(Cl)c2Cl)CC1. The van der Waals surface area contributed by atoms with Crippen molar-refractivity contribution in [1.82, 2.24) is 14.9 Å². The first-order valence-corrected chi connectivity index (χ1v) is 9.19. The van der Waals surface area contributed by atoms with Crippen LogP contribution in [0.1, 0.15) is 34.9 Å². The van der Waals surface area contributed by atoms with Crippen LogP contribution in [0.4, 0.5) is 5.69 Å². The van der Waals surface area contributed by atoms with Gasteiger partial charge in [0.05, 0.1) is 15.7 Å². The summed E-state index contributed by atoms with van der Waals surface area (Å²) >= 11 is 12.4. The molecule has 1 saturated heterocycles. The topological polar surface area (TPSA) is 49.3 Å². The van der Waals surface area contributed by atoms with Gasteiger partial charge in [-0.3, -0.25) is 4.79 Å². The van der Waals surface area contributed by atoms with Crippen molar-refractivity contribution < 1.29 is 4.79 Å². The van der Waals surface area contributed by atoms with Crippen molar-refractivity contribution in [1.29, 1.82) is 0 Å². The molecule has 1 amide bonds. The Balaban J connectivity index is 1.44. The number of amides is 1. The zero-order chi connectivity index (χ0) is 17.4. The van der Waals surface area contributed by atoms with Gasteiger partial charge >= 0.3 is 0 Å². The molecule has 1 aromatic carbocycles. The first-order valence-electron chi connectivity index (χ1n) is 8.43. The van der Waals surface area contributed by atoms with E-state index in [1.807, 2.05) is 23.1 Å². The minimum Gasteiger partial charge on any atom is -0.367 e. The highest BCUT2D eigenvalue weighted by Gasteiger charge is 2.28. The third-order valence-corrected chi connectivity index (χ3v) is 5.55. The summed E-state index contributed by atoms with van der Waals surface area (Å²) in [4.78, 5) is 25.2. The highest BCUT2D eigenvalue weighted by molar-refractivity contribution is 6.43. The van der Waals surface area contributed by atoms with Crippen molar-refractivity contribution in [2.75, 3.05) is 31.1 Å². The van der Waals surface area contributed by atoms with E-state index in [1.165, 1.54) is 6.33 Å². The molecule has 0 bridgehead atoms. The Morgan fingerprint density at radius 2 is 1.84 bits per heavy atom. The maximum absolute atomic E-state index is 12.7.